The summed E-state index contributed by atoms with van der Waals surface area (Å²) in [6, 6.07) is 3.63. The quantitative estimate of drug-likeness (QED) is 0.748. The number of rotatable bonds is 4. The van der Waals surface area contributed by atoms with Crippen molar-refractivity contribution in [3.05, 3.63) is 24.0 Å². The highest BCUT2D eigenvalue weighted by molar-refractivity contribution is 5.90. The molecule has 0 aliphatic carbocycles. The minimum absolute atomic E-state index is 0.0185. The van der Waals surface area contributed by atoms with E-state index in [1.807, 2.05) is 20.0 Å². The third kappa shape index (κ3) is 3.53. The zero-order chi connectivity index (χ0) is 10.4. The summed E-state index contributed by atoms with van der Waals surface area (Å²) in [5.41, 5.74) is 1.70. The van der Waals surface area contributed by atoms with E-state index in [4.69, 9.17) is 0 Å². The van der Waals surface area contributed by atoms with Crippen molar-refractivity contribution in [1.82, 2.24) is 10.3 Å². The van der Waals surface area contributed by atoms with Crippen molar-refractivity contribution >= 4 is 11.6 Å². The predicted octanol–water partition coefficient (Wildman–Crippen LogP) is 0.938. The fraction of sp³-hybridized carbons (Fsp3) is 0.400. The number of carbonyl (C=O) groups excluding carboxylic acids is 1. The zero-order valence-electron chi connectivity index (χ0n) is 8.50. The van der Waals surface area contributed by atoms with E-state index in [-0.39, 0.29) is 5.91 Å². The molecule has 2 N–H and O–H groups in total. The first-order chi connectivity index (χ1) is 6.72. The second kappa shape index (κ2) is 5.34. The molecule has 1 heterocycles. The largest absolute Gasteiger partial charge is 0.326 e. The third-order valence-electron chi connectivity index (χ3n) is 1.78. The first-order valence-corrected chi connectivity index (χ1v) is 4.59. The standard InChI is InChI=1S/C10H15N3O/c1-8-7-9(3-6-12-8)13-10(14)4-5-11-2/h3,6-7,11H,4-5H2,1-2H3,(H,12,13,14). The molecular weight excluding hydrogens is 178 g/mol. The van der Waals surface area contributed by atoms with Gasteiger partial charge in [-0.3, -0.25) is 9.78 Å². The molecule has 76 valence electrons. The fourth-order valence-corrected chi connectivity index (χ4v) is 1.09. The molecule has 0 spiro atoms. The fourth-order valence-electron chi connectivity index (χ4n) is 1.09. The van der Waals surface area contributed by atoms with Gasteiger partial charge in [-0.1, -0.05) is 0 Å². The van der Waals surface area contributed by atoms with Crippen molar-refractivity contribution < 1.29 is 4.79 Å². The van der Waals surface area contributed by atoms with Crippen LogP contribution >= 0.6 is 0 Å². The highest BCUT2D eigenvalue weighted by atomic mass is 16.1. The van der Waals surface area contributed by atoms with E-state index in [0.717, 1.165) is 11.4 Å². The minimum Gasteiger partial charge on any atom is -0.326 e. The summed E-state index contributed by atoms with van der Waals surface area (Å²) in [4.78, 5) is 15.4. The lowest BCUT2D eigenvalue weighted by molar-refractivity contribution is -0.116. The number of nitrogens with zero attached hydrogens (tertiary/aromatic N) is 1. The van der Waals surface area contributed by atoms with Crippen LogP contribution in [0.3, 0.4) is 0 Å². The molecule has 0 atom stereocenters. The molecule has 1 aromatic heterocycles. The number of aromatic nitrogens is 1. The van der Waals surface area contributed by atoms with Gasteiger partial charge in [-0.15, -0.1) is 0 Å². The smallest absolute Gasteiger partial charge is 0.225 e. The molecule has 1 aromatic rings. The van der Waals surface area contributed by atoms with Crippen LogP contribution in [-0.4, -0.2) is 24.5 Å². The van der Waals surface area contributed by atoms with Crippen LogP contribution in [0.25, 0.3) is 0 Å². The van der Waals surface area contributed by atoms with Crippen molar-refractivity contribution in [2.45, 2.75) is 13.3 Å². The first kappa shape index (κ1) is 10.7. The number of hydrogen-bond donors (Lipinski definition) is 2. The molecule has 14 heavy (non-hydrogen) atoms. The van der Waals surface area contributed by atoms with Crippen LogP contribution in [0.5, 0.6) is 0 Å². The highest BCUT2D eigenvalue weighted by Gasteiger charge is 2.00. The van der Waals surface area contributed by atoms with Crippen LogP contribution in [0.2, 0.25) is 0 Å². The lowest BCUT2D eigenvalue weighted by Gasteiger charge is -2.04. The van der Waals surface area contributed by atoms with E-state index in [9.17, 15) is 4.79 Å². The van der Waals surface area contributed by atoms with Gasteiger partial charge in [-0.25, -0.2) is 0 Å². The molecule has 0 radical (unpaired) electrons. The molecule has 0 fully saturated rings. The summed E-state index contributed by atoms with van der Waals surface area (Å²) in [6.45, 7) is 2.58. The summed E-state index contributed by atoms with van der Waals surface area (Å²) in [5, 5.41) is 5.72. The number of anilines is 1. The number of pyridine rings is 1. The number of hydrogen-bond acceptors (Lipinski definition) is 3. The first-order valence-electron chi connectivity index (χ1n) is 4.59. The molecule has 0 aliphatic heterocycles. The van der Waals surface area contributed by atoms with Crippen LogP contribution in [0.15, 0.2) is 18.3 Å². The second-order valence-electron chi connectivity index (χ2n) is 3.09. The number of nitrogens with one attached hydrogen (secondary N) is 2. The monoisotopic (exact) mass is 193 g/mol. The van der Waals surface area contributed by atoms with Crippen LogP contribution in [0.1, 0.15) is 12.1 Å². The van der Waals surface area contributed by atoms with Crippen LogP contribution < -0.4 is 10.6 Å². The molecule has 0 unspecified atom stereocenters. The van der Waals surface area contributed by atoms with Gasteiger partial charge < -0.3 is 10.6 Å². The second-order valence-corrected chi connectivity index (χ2v) is 3.09. The Kier molecular flexibility index (Phi) is 4.07. The van der Waals surface area contributed by atoms with Gasteiger partial charge in [0.1, 0.15) is 0 Å². The topological polar surface area (TPSA) is 54.0 Å². The Morgan fingerprint density at radius 1 is 1.57 bits per heavy atom. The third-order valence-corrected chi connectivity index (χ3v) is 1.78. The maximum atomic E-state index is 11.3. The minimum atomic E-state index is 0.0185. The summed E-state index contributed by atoms with van der Waals surface area (Å²) in [6.07, 6.45) is 2.17. The number of carbonyl (C=O) groups is 1. The Hall–Kier alpha value is -1.42. The Balaban J connectivity index is 2.47. The molecule has 0 bridgehead atoms. The summed E-state index contributed by atoms with van der Waals surface area (Å²) >= 11 is 0. The van der Waals surface area contributed by atoms with Gasteiger partial charge in [0.2, 0.25) is 5.91 Å². The zero-order valence-corrected chi connectivity index (χ0v) is 8.50. The Morgan fingerprint density at radius 2 is 2.36 bits per heavy atom. The number of aryl methyl sites for hydroxylation is 1. The molecule has 1 rings (SSSR count). The molecule has 4 nitrogen and oxygen atoms in total. The molecular formula is C10H15N3O. The van der Waals surface area contributed by atoms with Crippen molar-refractivity contribution in [2.75, 3.05) is 18.9 Å². The van der Waals surface area contributed by atoms with E-state index in [1.54, 1.807) is 12.3 Å². The lowest BCUT2D eigenvalue weighted by atomic mass is 10.3. The summed E-state index contributed by atoms with van der Waals surface area (Å²) in [7, 11) is 1.82. The lowest BCUT2D eigenvalue weighted by Crippen LogP contribution is -2.18. The van der Waals surface area contributed by atoms with Gasteiger partial charge in [0, 0.05) is 30.5 Å². The average Bonchev–Trinajstić information content (AvgIpc) is 2.15. The van der Waals surface area contributed by atoms with Crippen LogP contribution in [0.4, 0.5) is 5.69 Å². The van der Waals surface area contributed by atoms with Gasteiger partial charge in [0.25, 0.3) is 0 Å². The van der Waals surface area contributed by atoms with Gasteiger partial charge >= 0.3 is 0 Å². The van der Waals surface area contributed by atoms with Gasteiger partial charge in [0.05, 0.1) is 0 Å². The molecule has 1 amide bonds. The number of amides is 1. The highest BCUT2D eigenvalue weighted by Crippen LogP contribution is 2.06. The Labute approximate surface area is 83.7 Å². The van der Waals surface area contributed by atoms with Crippen LogP contribution in [0, 0.1) is 6.92 Å². The molecule has 0 saturated heterocycles. The maximum absolute atomic E-state index is 11.3. The summed E-state index contributed by atoms with van der Waals surface area (Å²) < 4.78 is 0. The molecule has 4 heteroatoms. The Bertz CT molecular complexity index is 312. The van der Waals surface area contributed by atoms with Gasteiger partial charge in [0.15, 0.2) is 0 Å². The van der Waals surface area contributed by atoms with E-state index in [2.05, 4.69) is 15.6 Å². The van der Waals surface area contributed by atoms with Gasteiger partial charge in [-0.2, -0.15) is 0 Å². The average molecular weight is 193 g/mol. The van der Waals surface area contributed by atoms with E-state index in [0.29, 0.717) is 13.0 Å². The van der Waals surface area contributed by atoms with E-state index >= 15 is 0 Å². The Morgan fingerprint density at radius 3 is 3.00 bits per heavy atom. The van der Waals surface area contributed by atoms with Gasteiger partial charge in [-0.05, 0) is 26.1 Å². The van der Waals surface area contributed by atoms with E-state index in [1.165, 1.54) is 0 Å². The normalized spacial score (nSPS) is 9.86. The van der Waals surface area contributed by atoms with Crippen molar-refractivity contribution in [3.63, 3.8) is 0 Å². The van der Waals surface area contributed by atoms with Crippen molar-refractivity contribution in [1.29, 1.82) is 0 Å². The molecule has 0 aliphatic rings. The van der Waals surface area contributed by atoms with Crippen molar-refractivity contribution in [2.24, 2.45) is 0 Å². The summed E-state index contributed by atoms with van der Waals surface area (Å²) in [5.74, 6) is 0.0185. The molecule has 0 saturated carbocycles. The van der Waals surface area contributed by atoms with Crippen LogP contribution in [-0.2, 0) is 4.79 Å². The van der Waals surface area contributed by atoms with Crippen molar-refractivity contribution in [3.8, 4) is 0 Å². The van der Waals surface area contributed by atoms with E-state index < -0.39 is 0 Å². The molecule has 0 aromatic carbocycles. The maximum Gasteiger partial charge on any atom is 0.225 e. The predicted molar refractivity (Wildman–Crippen MR) is 56.1 cm³/mol. The SMILES string of the molecule is CNCCC(=O)Nc1ccnc(C)c1.